The van der Waals surface area contributed by atoms with Crippen LogP contribution in [0.25, 0.3) is 23.1 Å². The van der Waals surface area contributed by atoms with Gasteiger partial charge in [-0.15, -0.1) is 0 Å². The van der Waals surface area contributed by atoms with E-state index in [1.54, 1.807) is 53.5 Å². The van der Waals surface area contributed by atoms with Crippen LogP contribution in [0.15, 0.2) is 67.0 Å². The van der Waals surface area contributed by atoms with E-state index < -0.39 is 25.8 Å². The van der Waals surface area contributed by atoms with E-state index in [9.17, 15) is 14.4 Å². The van der Waals surface area contributed by atoms with Crippen LogP contribution in [0.5, 0.6) is 0 Å². The molecule has 4 aromatic rings. The summed E-state index contributed by atoms with van der Waals surface area (Å²) in [6.45, 7) is 9.10. The van der Waals surface area contributed by atoms with Crippen molar-refractivity contribution in [3.8, 4) is 0 Å². The third-order valence-electron chi connectivity index (χ3n) is 6.95. The smallest absolute Gasteiger partial charge is 0.249 e. The molecule has 0 radical (unpaired) electrons. The van der Waals surface area contributed by atoms with E-state index in [-0.39, 0.29) is 12.5 Å². The first-order valence-corrected chi connectivity index (χ1v) is 17.0. The van der Waals surface area contributed by atoms with Gasteiger partial charge in [-0.1, -0.05) is 50.0 Å². The fourth-order valence-electron chi connectivity index (χ4n) is 4.81. The average Bonchev–Trinajstić information content (AvgIpc) is 3.43. The molecule has 8 nitrogen and oxygen atoms in total. The van der Waals surface area contributed by atoms with E-state index in [2.05, 4.69) is 24.6 Å². The van der Waals surface area contributed by atoms with E-state index in [1.165, 1.54) is 6.92 Å². The summed E-state index contributed by atoms with van der Waals surface area (Å²) < 4.78 is 7.76. The Balaban J connectivity index is 1.50. The Morgan fingerprint density at radius 1 is 1.02 bits per heavy atom. The van der Waals surface area contributed by atoms with Crippen molar-refractivity contribution < 1.29 is 19.1 Å². The van der Waals surface area contributed by atoms with Gasteiger partial charge in [0, 0.05) is 44.9 Å². The monoisotopic (exact) mass is 552 g/mol. The van der Waals surface area contributed by atoms with Crippen molar-refractivity contribution in [3.05, 3.63) is 89.4 Å². The van der Waals surface area contributed by atoms with E-state index >= 15 is 0 Å². The minimum absolute atomic E-state index is 0.241. The van der Waals surface area contributed by atoms with Crippen molar-refractivity contribution in [2.24, 2.45) is 0 Å². The molecule has 204 valence electrons. The Hall–Kier alpha value is -4.21. The molecule has 0 N–H and O–H groups in total. The first kappa shape index (κ1) is 27.4. The highest BCUT2D eigenvalue weighted by atomic mass is 28.3. The maximum absolute atomic E-state index is 13.8. The zero-order valence-corrected chi connectivity index (χ0v) is 24.1. The van der Waals surface area contributed by atoms with Gasteiger partial charge in [0.1, 0.15) is 12.6 Å². The number of ether oxygens (including phenoxy) is 1. The number of Topliss-reactive ketones (excluding diaryl/α,β-unsaturated/α-hetero) is 1. The number of pyridine rings is 1. The van der Waals surface area contributed by atoms with Gasteiger partial charge in [0.05, 0.1) is 16.9 Å². The Morgan fingerprint density at radius 3 is 2.50 bits per heavy atom. The van der Waals surface area contributed by atoms with Gasteiger partial charge in [-0.3, -0.25) is 19.4 Å². The molecule has 1 unspecified atom stereocenters. The molecule has 0 fully saturated rings. The molecule has 2 amide bonds. The summed E-state index contributed by atoms with van der Waals surface area (Å²) in [5, 5.41) is 5.65. The fourth-order valence-corrected chi connectivity index (χ4v) is 5.57. The lowest BCUT2D eigenvalue weighted by atomic mass is 9.91. The molecule has 2 aromatic carbocycles. The van der Waals surface area contributed by atoms with Gasteiger partial charge in [-0.05, 0) is 53.6 Å². The number of imide groups is 1. The van der Waals surface area contributed by atoms with E-state index in [1.807, 2.05) is 30.4 Å². The third kappa shape index (κ3) is 5.57. The van der Waals surface area contributed by atoms with Crippen molar-refractivity contribution in [3.63, 3.8) is 0 Å². The molecule has 40 heavy (non-hydrogen) atoms. The van der Waals surface area contributed by atoms with Crippen LogP contribution in [0.1, 0.15) is 40.0 Å². The first-order chi connectivity index (χ1) is 19.1. The van der Waals surface area contributed by atoms with Crippen molar-refractivity contribution in [2.75, 3.05) is 11.5 Å². The van der Waals surface area contributed by atoms with Crippen molar-refractivity contribution >= 4 is 54.4 Å². The predicted octanol–water partition coefficient (Wildman–Crippen LogP) is 5.77. The minimum atomic E-state index is -1.26. The number of nitrogens with zero attached hydrogens (tertiary/aromatic N) is 4. The number of benzene rings is 2. The number of ketones is 1. The first-order valence-electron chi connectivity index (χ1n) is 13.3. The molecular formula is C31H32N4O4Si. The zero-order chi connectivity index (χ0) is 28.4. The molecule has 9 heteroatoms. The summed E-state index contributed by atoms with van der Waals surface area (Å²) in [5.41, 5.74) is 3.84. The molecule has 0 bridgehead atoms. The maximum Gasteiger partial charge on any atom is 0.249 e. The van der Waals surface area contributed by atoms with Gasteiger partial charge in [0.15, 0.2) is 5.78 Å². The molecule has 1 atom stereocenters. The molecule has 5 rings (SSSR count). The van der Waals surface area contributed by atoms with Crippen LogP contribution < -0.4 is 4.90 Å². The lowest BCUT2D eigenvalue weighted by Crippen LogP contribution is -2.35. The van der Waals surface area contributed by atoms with Crippen LogP contribution in [-0.2, 0) is 21.1 Å². The Morgan fingerprint density at radius 2 is 1.77 bits per heavy atom. The van der Waals surface area contributed by atoms with Crippen LogP contribution in [0.4, 0.5) is 5.69 Å². The Bertz CT molecular complexity index is 1620. The van der Waals surface area contributed by atoms with E-state index in [0.717, 1.165) is 33.1 Å². The van der Waals surface area contributed by atoms with Crippen molar-refractivity contribution in [1.82, 2.24) is 14.8 Å². The second-order valence-corrected chi connectivity index (χ2v) is 16.7. The summed E-state index contributed by atoms with van der Waals surface area (Å²) in [6, 6.07) is 17.1. The SMILES string of the molecule is CC(=O)N1C(=O)C(C(=O)c2ccc3c(/C=C/c4ccncc4)nn(COCC[Si](C)(C)C)c3c2)c2ccccc21. The number of rotatable bonds is 9. The molecule has 1 aliphatic rings. The summed E-state index contributed by atoms with van der Waals surface area (Å²) in [7, 11) is -1.26. The quantitative estimate of drug-likeness (QED) is 0.113. The lowest BCUT2D eigenvalue weighted by molar-refractivity contribution is -0.125. The molecule has 2 aromatic heterocycles. The van der Waals surface area contributed by atoms with Crippen LogP contribution >= 0.6 is 0 Å². The van der Waals surface area contributed by atoms with Gasteiger partial charge in [0.2, 0.25) is 11.8 Å². The molecule has 0 spiro atoms. The Labute approximate surface area is 234 Å². The molecule has 1 aliphatic heterocycles. The van der Waals surface area contributed by atoms with Crippen molar-refractivity contribution in [2.45, 2.75) is 45.3 Å². The van der Waals surface area contributed by atoms with Gasteiger partial charge >= 0.3 is 0 Å². The summed E-state index contributed by atoms with van der Waals surface area (Å²) in [6.07, 6.45) is 7.36. The van der Waals surface area contributed by atoms with Crippen LogP contribution in [0.3, 0.4) is 0 Å². The summed E-state index contributed by atoms with van der Waals surface area (Å²) in [5.74, 6) is -2.37. The normalized spacial score (nSPS) is 15.2. The maximum atomic E-state index is 13.8. The number of para-hydroxylation sites is 1. The number of hydrogen-bond donors (Lipinski definition) is 0. The molecule has 0 aliphatic carbocycles. The number of amides is 2. The number of hydrogen-bond acceptors (Lipinski definition) is 6. The number of aromatic nitrogens is 3. The number of carbonyl (C=O) groups is 3. The van der Waals surface area contributed by atoms with Gasteiger partial charge in [-0.2, -0.15) is 5.10 Å². The number of carbonyl (C=O) groups excluding carboxylic acids is 3. The second-order valence-electron chi connectivity index (χ2n) is 11.1. The standard InChI is InChI=1S/C31H32N4O4Si/c1-21(36)35-27-8-6-5-7-25(27)29(31(35)38)30(37)23-10-11-24-26(12-9-22-13-15-32-16-14-22)33-34(28(24)19-23)20-39-17-18-40(2,3)4/h5-16,19,29H,17-18,20H2,1-4H3/b12-9+. The topological polar surface area (TPSA) is 94.4 Å². The van der Waals surface area contributed by atoms with E-state index in [0.29, 0.717) is 23.4 Å². The highest BCUT2D eigenvalue weighted by Gasteiger charge is 2.43. The molecule has 0 saturated heterocycles. The number of anilines is 1. The largest absolute Gasteiger partial charge is 0.360 e. The fraction of sp³-hybridized carbons (Fsp3) is 0.258. The number of fused-ring (bicyclic) bond motifs is 2. The summed E-state index contributed by atoms with van der Waals surface area (Å²) >= 11 is 0. The summed E-state index contributed by atoms with van der Waals surface area (Å²) in [4.78, 5) is 44.5. The van der Waals surface area contributed by atoms with Crippen molar-refractivity contribution in [1.29, 1.82) is 0 Å². The second kappa shape index (κ2) is 11.1. The molecular weight excluding hydrogens is 520 g/mol. The van der Waals surface area contributed by atoms with Gasteiger partial charge in [-0.25, -0.2) is 9.58 Å². The third-order valence-corrected chi connectivity index (χ3v) is 8.65. The van der Waals surface area contributed by atoms with E-state index in [4.69, 9.17) is 9.84 Å². The molecule has 0 saturated carbocycles. The minimum Gasteiger partial charge on any atom is -0.360 e. The zero-order valence-electron chi connectivity index (χ0n) is 23.1. The van der Waals surface area contributed by atoms with Gasteiger partial charge in [0.25, 0.3) is 0 Å². The highest BCUT2D eigenvalue weighted by Crippen LogP contribution is 2.39. The highest BCUT2D eigenvalue weighted by molar-refractivity contribution is 6.76. The van der Waals surface area contributed by atoms with Crippen LogP contribution in [0.2, 0.25) is 25.7 Å². The Kier molecular flexibility index (Phi) is 7.60. The predicted molar refractivity (Wildman–Crippen MR) is 159 cm³/mol. The molecule has 3 heterocycles. The average molecular weight is 553 g/mol. The van der Waals surface area contributed by atoms with Crippen LogP contribution in [-0.4, -0.2) is 47.0 Å². The van der Waals surface area contributed by atoms with Gasteiger partial charge < -0.3 is 4.74 Å². The van der Waals surface area contributed by atoms with Crippen LogP contribution in [0, 0.1) is 0 Å². The lowest BCUT2D eigenvalue weighted by Gasteiger charge is -2.15.